The Hall–Kier alpha value is -2.28. The van der Waals surface area contributed by atoms with Crippen LogP contribution < -0.4 is 11.1 Å². The number of esters is 1. The van der Waals surface area contributed by atoms with Crippen LogP contribution in [0.15, 0.2) is 24.3 Å². The second-order valence-electron chi connectivity index (χ2n) is 9.99. The first-order valence-electron chi connectivity index (χ1n) is 12.7. The van der Waals surface area contributed by atoms with Crippen molar-refractivity contribution in [3.63, 3.8) is 0 Å². The van der Waals surface area contributed by atoms with Crippen LogP contribution in [0.4, 0.5) is 4.79 Å². The van der Waals surface area contributed by atoms with Gasteiger partial charge in [-0.2, -0.15) is 0 Å². The molecule has 34 heavy (non-hydrogen) atoms. The molecule has 1 heterocycles. The van der Waals surface area contributed by atoms with Crippen molar-refractivity contribution in [2.75, 3.05) is 13.1 Å². The van der Waals surface area contributed by atoms with E-state index in [-0.39, 0.29) is 48.3 Å². The lowest BCUT2D eigenvalue weighted by Crippen LogP contribution is -2.48. The Kier molecular flexibility index (Phi) is 9.63. The smallest absolute Gasteiger partial charge is 0.317 e. The van der Waals surface area contributed by atoms with E-state index in [9.17, 15) is 9.59 Å². The lowest BCUT2D eigenvalue weighted by molar-refractivity contribution is -0.156. The van der Waals surface area contributed by atoms with Crippen molar-refractivity contribution in [3.8, 4) is 0 Å². The highest BCUT2D eigenvalue weighted by atomic mass is 35.5. The molecule has 1 aromatic carbocycles. The van der Waals surface area contributed by atoms with Gasteiger partial charge in [-0.3, -0.25) is 10.2 Å². The third-order valence-electron chi connectivity index (χ3n) is 7.70. The van der Waals surface area contributed by atoms with Crippen LogP contribution in [0.1, 0.15) is 87.7 Å². The Morgan fingerprint density at radius 3 is 2.12 bits per heavy atom. The first-order chi connectivity index (χ1) is 16.0. The maximum absolute atomic E-state index is 12.8. The van der Waals surface area contributed by atoms with Crippen LogP contribution >= 0.6 is 12.4 Å². The molecule has 7 nitrogen and oxygen atoms in total. The molecule has 1 aromatic rings. The van der Waals surface area contributed by atoms with Gasteiger partial charge in [0.25, 0.3) is 0 Å². The lowest BCUT2D eigenvalue weighted by Gasteiger charge is -2.35. The van der Waals surface area contributed by atoms with E-state index in [2.05, 4.69) is 17.4 Å². The highest BCUT2D eigenvalue weighted by Gasteiger charge is 2.31. The average Bonchev–Trinajstić information content (AvgIpc) is 2.85. The number of nitrogens with zero attached hydrogens (tertiary/aromatic N) is 1. The fourth-order valence-electron chi connectivity index (χ4n) is 5.53. The fourth-order valence-corrected chi connectivity index (χ4v) is 5.53. The number of ether oxygens (including phenoxy) is 1. The Balaban J connectivity index is 0.00000324. The molecule has 2 amide bonds. The number of nitrogens with two attached hydrogens (primary N) is 1. The minimum Gasteiger partial charge on any atom is -0.462 e. The number of nitrogen functional groups attached to an aromatic ring is 1. The molecule has 3 fully saturated rings. The molecule has 1 aliphatic heterocycles. The normalized spacial score (nSPS) is 24.1. The van der Waals surface area contributed by atoms with E-state index in [1.807, 2.05) is 17.0 Å². The van der Waals surface area contributed by atoms with Gasteiger partial charge in [-0.25, -0.2) is 4.79 Å². The number of amides is 2. The van der Waals surface area contributed by atoms with Gasteiger partial charge in [0.15, 0.2) is 0 Å². The number of hydrogen-bond acceptors (Lipinski definition) is 4. The number of piperidine rings is 1. The Morgan fingerprint density at radius 2 is 1.53 bits per heavy atom. The van der Waals surface area contributed by atoms with Crippen molar-refractivity contribution in [1.82, 2.24) is 10.2 Å². The standard InChI is InChI=1S/C26H38N4O3.ClH/c27-24(28)20-8-6-18(7-9-20)19-14-16-30(17-15-19)26(32)29-22-12-10-21(11-13-22)25(31)33-23-4-2-1-3-5-23;/h6-9,19,21-23H,1-5,10-17H2,(H3,27,28)(H,29,32);1H. The molecule has 4 N–H and O–H groups in total. The van der Waals surface area contributed by atoms with Crippen LogP contribution in [0.3, 0.4) is 0 Å². The van der Waals surface area contributed by atoms with E-state index >= 15 is 0 Å². The number of nitrogens with one attached hydrogen (secondary N) is 2. The molecule has 0 aromatic heterocycles. The quantitative estimate of drug-likeness (QED) is 0.315. The lowest BCUT2D eigenvalue weighted by atomic mass is 9.86. The van der Waals surface area contributed by atoms with Crippen LogP contribution in [0, 0.1) is 11.3 Å². The van der Waals surface area contributed by atoms with E-state index in [0.29, 0.717) is 5.92 Å². The van der Waals surface area contributed by atoms with Crippen molar-refractivity contribution < 1.29 is 14.3 Å². The summed E-state index contributed by atoms with van der Waals surface area (Å²) in [5.74, 6) is 0.485. The predicted octanol–water partition coefficient (Wildman–Crippen LogP) is 4.72. The molecule has 3 aliphatic rings. The minimum atomic E-state index is -0.0231. The summed E-state index contributed by atoms with van der Waals surface area (Å²) < 4.78 is 5.76. The summed E-state index contributed by atoms with van der Waals surface area (Å²) in [6.07, 6.45) is 10.9. The summed E-state index contributed by atoms with van der Waals surface area (Å²) in [6.45, 7) is 1.49. The third kappa shape index (κ3) is 6.87. The summed E-state index contributed by atoms with van der Waals surface area (Å²) in [6, 6.07) is 8.07. The summed E-state index contributed by atoms with van der Waals surface area (Å²) in [7, 11) is 0. The summed E-state index contributed by atoms with van der Waals surface area (Å²) in [5.41, 5.74) is 7.53. The fraction of sp³-hybridized carbons (Fsp3) is 0.654. The Bertz CT molecular complexity index is 825. The maximum atomic E-state index is 12.8. The largest absolute Gasteiger partial charge is 0.462 e. The van der Waals surface area contributed by atoms with Crippen LogP contribution in [0.2, 0.25) is 0 Å². The van der Waals surface area contributed by atoms with Gasteiger partial charge in [0.05, 0.1) is 5.92 Å². The first-order valence-corrected chi connectivity index (χ1v) is 12.7. The summed E-state index contributed by atoms with van der Waals surface area (Å²) in [4.78, 5) is 27.2. The van der Waals surface area contributed by atoms with Gasteiger partial charge in [0, 0.05) is 24.7 Å². The molecule has 0 atom stereocenters. The number of benzene rings is 1. The predicted molar refractivity (Wildman–Crippen MR) is 135 cm³/mol. The van der Waals surface area contributed by atoms with Gasteiger partial charge in [-0.1, -0.05) is 30.7 Å². The average molecular weight is 491 g/mol. The molecule has 8 heteroatoms. The topological polar surface area (TPSA) is 109 Å². The maximum Gasteiger partial charge on any atom is 0.317 e. The molecule has 0 radical (unpaired) electrons. The number of carbonyl (C=O) groups excluding carboxylic acids is 2. The van der Waals surface area contributed by atoms with Crippen molar-refractivity contribution in [2.45, 2.75) is 88.7 Å². The number of urea groups is 1. The molecule has 4 rings (SSSR count). The molecule has 188 valence electrons. The zero-order chi connectivity index (χ0) is 23.2. The first kappa shape index (κ1) is 26.3. The number of hydrogen-bond donors (Lipinski definition) is 3. The van der Waals surface area contributed by atoms with Gasteiger partial charge in [0.2, 0.25) is 0 Å². The molecule has 0 spiro atoms. The van der Waals surface area contributed by atoms with Gasteiger partial charge >= 0.3 is 12.0 Å². The van der Waals surface area contributed by atoms with Gasteiger partial charge in [-0.05, 0) is 75.7 Å². The molecule has 0 bridgehead atoms. The third-order valence-corrected chi connectivity index (χ3v) is 7.70. The number of halogens is 1. The van der Waals surface area contributed by atoms with Crippen molar-refractivity contribution in [1.29, 1.82) is 5.41 Å². The highest BCUT2D eigenvalue weighted by Crippen LogP contribution is 2.30. The van der Waals surface area contributed by atoms with E-state index in [0.717, 1.165) is 70.0 Å². The molecular formula is C26H39ClN4O3. The molecular weight excluding hydrogens is 452 g/mol. The van der Waals surface area contributed by atoms with E-state index in [1.54, 1.807) is 0 Å². The van der Waals surface area contributed by atoms with Gasteiger partial charge in [0.1, 0.15) is 11.9 Å². The highest BCUT2D eigenvalue weighted by molar-refractivity contribution is 5.94. The SMILES string of the molecule is Cl.N=C(N)c1ccc(C2CCN(C(=O)NC3CCC(C(=O)OC4CCCCC4)CC3)CC2)cc1. The second-order valence-corrected chi connectivity index (χ2v) is 9.99. The second kappa shape index (κ2) is 12.4. The molecule has 0 unspecified atom stereocenters. The van der Waals surface area contributed by atoms with E-state index in [4.69, 9.17) is 15.9 Å². The van der Waals surface area contributed by atoms with Crippen molar-refractivity contribution in [3.05, 3.63) is 35.4 Å². The van der Waals surface area contributed by atoms with Crippen LogP contribution in [0.5, 0.6) is 0 Å². The molecule has 2 saturated carbocycles. The summed E-state index contributed by atoms with van der Waals surface area (Å²) >= 11 is 0. The van der Waals surface area contributed by atoms with E-state index < -0.39 is 0 Å². The zero-order valence-electron chi connectivity index (χ0n) is 20.0. The van der Waals surface area contributed by atoms with Crippen LogP contribution in [0.25, 0.3) is 0 Å². The van der Waals surface area contributed by atoms with Crippen LogP contribution in [-0.4, -0.2) is 48.0 Å². The van der Waals surface area contributed by atoms with Crippen molar-refractivity contribution >= 4 is 30.2 Å². The Labute approximate surface area is 209 Å². The van der Waals surface area contributed by atoms with Crippen LogP contribution in [-0.2, 0) is 9.53 Å². The van der Waals surface area contributed by atoms with Gasteiger partial charge < -0.3 is 20.7 Å². The number of rotatable bonds is 5. The van der Waals surface area contributed by atoms with E-state index in [1.165, 1.54) is 24.8 Å². The van der Waals surface area contributed by atoms with Crippen molar-refractivity contribution in [2.24, 2.45) is 11.7 Å². The summed E-state index contributed by atoms with van der Waals surface area (Å²) in [5, 5.41) is 10.7. The monoisotopic (exact) mass is 490 g/mol. The van der Waals surface area contributed by atoms with Gasteiger partial charge in [-0.15, -0.1) is 12.4 Å². The number of amidine groups is 1. The number of carbonyl (C=O) groups is 2. The minimum absolute atomic E-state index is 0. The molecule has 2 aliphatic carbocycles. The molecule has 1 saturated heterocycles. The number of likely N-dealkylation sites (tertiary alicyclic amines) is 1. The Morgan fingerprint density at radius 1 is 0.912 bits per heavy atom. The zero-order valence-corrected chi connectivity index (χ0v) is 20.8.